The molecule has 0 radical (unpaired) electrons. The Kier molecular flexibility index (Phi) is 5.39. The lowest BCUT2D eigenvalue weighted by molar-refractivity contribution is -0.147. The molecule has 4 nitrogen and oxygen atoms in total. The van der Waals surface area contributed by atoms with Gasteiger partial charge in [-0.3, -0.25) is 9.59 Å². The molecule has 0 aliphatic heterocycles. The van der Waals surface area contributed by atoms with Crippen LogP contribution in [0.4, 0.5) is 4.39 Å². The number of hydrogen-bond donors (Lipinski definition) is 2. The first-order chi connectivity index (χ1) is 10.8. The second-order valence-electron chi connectivity index (χ2n) is 6.74. The van der Waals surface area contributed by atoms with Gasteiger partial charge in [0.2, 0.25) is 5.91 Å². The second-order valence-corrected chi connectivity index (χ2v) is 6.74. The van der Waals surface area contributed by atoms with Crippen LogP contribution in [0.5, 0.6) is 0 Å². The fourth-order valence-electron chi connectivity index (χ4n) is 3.37. The molecule has 3 atom stereocenters. The SMILES string of the molecule is CC(Cc1ccccc1F)C(=O)NC1(C)CCCCC1C(=O)O. The van der Waals surface area contributed by atoms with Crippen LogP contribution in [0.1, 0.15) is 45.1 Å². The van der Waals surface area contributed by atoms with E-state index < -0.39 is 23.3 Å². The monoisotopic (exact) mass is 321 g/mol. The van der Waals surface area contributed by atoms with Gasteiger partial charge in [0.25, 0.3) is 0 Å². The van der Waals surface area contributed by atoms with Gasteiger partial charge in [0.1, 0.15) is 5.82 Å². The van der Waals surface area contributed by atoms with Gasteiger partial charge in [0.15, 0.2) is 0 Å². The quantitative estimate of drug-likeness (QED) is 0.875. The number of carbonyl (C=O) groups excluding carboxylic acids is 1. The lowest BCUT2D eigenvalue weighted by Gasteiger charge is -2.40. The van der Waals surface area contributed by atoms with Gasteiger partial charge in [-0.25, -0.2) is 4.39 Å². The number of carboxylic acids is 1. The van der Waals surface area contributed by atoms with E-state index in [4.69, 9.17) is 0 Å². The van der Waals surface area contributed by atoms with Crippen LogP contribution in [0.25, 0.3) is 0 Å². The summed E-state index contributed by atoms with van der Waals surface area (Å²) in [5.74, 6) is -2.39. The molecule has 1 saturated carbocycles. The summed E-state index contributed by atoms with van der Waals surface area (Å²) >= 11 is 0. The zero-order chi connectivity index (χ0) is 17.0. The van der Waals surface area contributed by atoms with Crippen LogP contribution in [0.3, 0.4) is 0 Å². The lowest BCUT2D eigenvalue weighted by atomic mass is 9.73. The Morgan fingerprint density at radius 1 is 1.39 bits per heavy atom. The van der Waals surface area contributed by atoms with Crippen LogP contribution in [0.15, 0.2) is 24.3 Å². The third-order valence-corrected chi connectivity index (χ3v) is 4.85. The van der Waals surface area contributed by atoms with E-state index >= 15 is 0 Å². The maximum Gasteiger partial charge on any atom is 0.308 e. The van der Waals surface area contributed by atoms with Crippen molar-refractivity contribution < 1.29 is 19.1 Å². The molecule has 2 rings (SSSR count). The molecule has 1 amide bonds. The largest absolute Gasteiger partial charge is 0.481 e. The van der Waals surface area contributed by atoms with E-state index in [1.54, 1.807) is 32.0 Å². The summed E-state index contributed by atoms with van der Waals surface area (Å²) in [6.07, 6.45) is 3.30. The van der Waals surface area contributed by atoms with E-state index in [1.165, 1.54) is 6.07 Å². The summed E-state index contributed by atoms with van der Waals surface area (Å²) < 4.78 is 13.7. The van der Waals surface area contributed by atoms with Crippen LogP contribution < -0.4 is 5.32 Å². The summed E-state index contributed by atoms with van der Waals surface area (Å²) in [6, 6.07) is 6.40. The Bertz CT molecular complexity index is 589. The standard InChI is InChI=1S/C18H24FNO3/c1-12(11-13-7-3-4-9-15(13)19)16(21)20-18(2)10-6-5-8-14(18)17(22)23/h3-4,7,9,12,14H,5-6,8,10-11H2,1-2H3,(H,20,21)(H,22,23). The number of nitrogens with one attached hydrogen (secondary N) is 1. The van der Waals surface area contributed by atoms with E-state index in [1.807, 2.05) is 0 Å². The fourth-order valence-corrected chi connectivity index (χ4v) is 3.37. The third-order valence-electron chi connectivity index (χ3n) is 4.85. The first-order valence-electron chi connectivity index (χ1n) is 8.12. The molecule has 0 spiro atoms. The van der Waals surface area contributed by atoms with E-state index in [0.717, 1.165) is 12.8 Å². The minimum Gasteiger partial charge on any atom is -0.481 e. The van der Waals surface area contributed by atoms with Crippen LogP contribution in [-0.4, -0.2) is 22.5 Å². The van der Waals surface area contributed by atoms with Crippen molar-refractivity contribution >= 4 is 11.9 Å². The maximum absolute atomic E-state index is 13.7. The third kappa shape index (κ3) is 4.09. The van der Waals surface area contributed by atoms with Crippen LogP contribution in [0.2, 0.25) is 0 Å². The van der Waals surface area contributed by atoms with Crippen molar-refractivity contribution in [3.63, 3.8) is 0 Å². The fraction of sp³-hybridized carbons (Fsp3) is 0.556. The predicted molar refractivity (Wildman–Crippen MR) is 85.4 cm³/mol. The average Bonchev–Trinajstić information content (AvgIpc) is 2.49. The van der Waals surface area contributed by atoms with Crippen molar-refractivity contribution in [2.24, 2.45) is 11.8 Å². The van der Waals surface area contributed by atoms with Crippen molar-refractivity contribution in [2.45, 2.75) is 51.5 Å². The smallest absolute Gasteiger partial charge is 0.308 e. The zero-order valence-corrected chi connectivity index (χ0v) is 13.6. The van der Waals surface area contributed by atoms with Crippen molar-refractivity contribution in [1.29, 1.82) is 0 Å². The van der Waals surface area contributed by atoms with E-state index in [2.05, 4.69) is 5.32 Å². The van der Waals surface area contributed by atoms with Crippen LogP contribution in [-0.2, 0) is 16.0 Å². The molecular weight excluding hydrogens is 297 g/mol. The molecule has 0 heterocycles. The lowest BCUT2D eigenvalue weighted by Crippen LogP contribution is -2.56. The Morgan fingerprint density at radius 3 is 2.74 bits per heavy atom. The van der Waals surface area contributed by atoms with Crippen LogP contribution >= 0.6 is 0 Å². The van der Waals surface area contributed by atoms with E-state index in [-0.39, 0.29) is 11.7 Å². The molecule has 1 aliphatic rings. The molecule has 2 N–H and O–H groups in total. The Hall–Kier alpha value is -1.91. The van der Waals surface area contributed by atoms with Gasteiger partial charge in [-0.05, 0) is 37.8 Å². The Morgan fingerprint density at radius 2 is 2.09 bits per heavy atom. The second kappa shape index (κ2) is 7.11. The number of carboxylic acid groups (broad SMARTS) is 1. The highest BCUT2D eigenvalue weighted by Crippen LogP contribution is 2.34. The summed E-state index contributed by atoms with van der Waals surface area (Å²) in [6.45, 7) is 3.54. The van der Waals surface area contributed by atoms with Gasteiger partial charge in [-0.2, -0.15) is 0 Å². The van der Waals surface area contributed by atoms with Gasteiger partial charge < -0.3 is 10.4 Å². The molecule has 1 aromatic carbocycles. The van der Waals surface area contributed by atoms with Gasteiger partial charge in [-0.1, -0.05) is 38.0 Å². The van der Waals surface area contributed by atoms with Gasteiger partial charge in [0, 0.05) is 5.92 Å². The van der Waals surface area contributed by atoms with Crippen molar-refractivity contribution in [1.82, 2.24) is 5.32 Å². The van der Waals surface area contributed by atoms with Gasteiger partial charge in [0.05, 0.1) is 11.5 Å². The minimum absolute atomic E-state index is 0.219. The molecule has 1 aromatic rings. The first-order valence-corrected chi connectivity index (χ1v) is 8.12. The first kappa shape index (κ1) is 17.4. The number of rotatable bonds is 5. The molecule has 23 heavy (non-hydrogen) atoms. The molecule has 1 fully saturated rings. The van der Waals surface area contributed by atoms with Crippen molar-refractivity contribution in [3.05, 3.63) is 35.6 Å². The number of benzene rings is 1. The van der Waals surface area contributed by atoms with Gasteiger partial charge in [-0.15, -0.1) is 0 Å². The molecule has 0 bridgehead atoms. The summed E-state index contributed by atoms with van der Waals surface area (Å²) in [4.78, 5) is 23.9. The molecule has 1 aliphatic carbocycles. The van der Waals surface area contributed by atoms with E-state index in [9.17, 15) is 19.1 Å². The highest BCUT2D eigenvalue weighted by atomic mass is 19.1. The maximum atomic E-state index is 13.7. The molecular formula is C18H24FNO3. The number of hydrogen-bond acceptors (Lipinski definition) is 2. The predicted octanol–water partition coefficient (Wildman–Crippen LogP) is 3.15. The number of amides is 1. The normalized spacial score (nSPS) is 25.6. The zero-order valence-electron chi connectivity index (χ0n) is 13.6. The molecule has 0 saturated heterocycles. The Balaban J connectivity index is 2.05. The molecule has 0 aromatic heterocycles. The number of halogens is 1. The van der Waals surface area contributed by atoms with Crippen molar-refractivity contribution in [2.75, 3.05) is 0 Å². The van der Waals surface area contributed by atoms with E-state index in [0.29, 0.717) is 24.8 Å². The van der Waals surface area contributed by atoms with Crippen molar-refractivity contribution in [3.8, 4) is 0 Å². The summed E-state index contributed by atoms with van der Waals surface area (Å²) in [5.41, 5.74) is -0.233. The highest BCUT2D eigenvalue weighted by molar-refractivity contribution is 5.81. The average molecular weight is 321 g/mol. The number of carbonyl (C=O) groups is 2. The molecule has 5 heteroatoms. The topological polar surface area (TPSA) is 66.4 Å². The molecule has 126 valence electrons. The molecule has 3 unspecified atom stereocenters. The number of aliphatic carboxylic acids is 1. The van der Waals surface area contributed by atoms with Crippen LogP contribution in [0, 0.1) is 17.7 Å². The Labute approximate surface area is 136 Å². The highest BCUT2D eigenvalue weighted by Gasteiger charge is 2.42. The summed E-state index contributed by atoms with van der Waals surface area (Å²) in [7, 11) is 0. The minimum atomic E-state index is -0.866. The van der Waals surface area contributed by atoms with Gasteiger partial charge >= 0.3 is 5.97 Å². The summed E-state index contributed by atoms with van der Waals surface area (Å²) in [5, 5.41) is 12.3.